The summed E-state index contributed by atoms with van der Waals surface area (Å²) in [4.78, 5) is 11.3. The van der Waals surface area contributed by atoms with Gasteiger partial charge in [0.2, 0.25) is 0 Å². The molecule has 11 aromatic rings. The molecule has 8 aromatic carbocycles. The summed E-state index contributed by atoms with van der Waals surface area (Å²) < 4.78 is 8.88. The number of hydrogen-bond acceptors (Lipinski definition) is 3. The molecule has 4 nitrogen and oxygen atoms in total. The fourth-order valence-electron chi connectivity index (χ4n) is 9.62. The summed E-state index contributed by atoms with van der Waals surface area (Å²) in [6.45, 7) is 0. The third-order valence-corrected chi connectivity index (χ3v) is 16.8. The maximum atomic E-state index is 6.44. The van der Waals surface area contributed by atoms with E-state index in [4.69, 9.17) is 14.4 Å². The van der Waals surface area contributed by atoms with Gasteiger partial charge in [0.1, 0.15) is 11.2 Å². The minimum atomic E-state index is -3.00. The molecule has 266 valence electrons. The highest BCUT2D eigenvalue weighted by molar-refractivity contribution is 7.22. The summed E-state index contributed by atoms with van der Waals surface area (Å²) in [5.41, 5.74) is 10.3. The van der Waals surface area contributed by atoms with Crippen molar-refractivity contribution in [2.45, 2.75) is 0 Å². The maximum Gasteiger partial charge on any atom is 0.185 e. The molecule has 4 heterocycles. The summed E-state index contributed by atoms with van der Waals surface area (Å²) in [5, 5.41) is 9.80. The first-order chi connectivity index (χ1) is 28.3. The van der Waals surface area contributed by atoms with E-state index in [1.165, 1.54) is 37.1 Å². The van der Waals surface area contributed by atoms with E-state index in [2.05, 4.69) is 193 Å². The first-order valence-electron chi connectivity index (χ1n) is 19.4. The van der Waals surface area contributed by atoms with Crippen LogP contribution in [0.2, 0.25) is 0 Å². The number of aromatic nitrogens is 3. The average molecular weight is 744 g/mol. The average Bonchev–Trinajstić information content (AvgIpc) is 3.93. The second kappa shape index (κ2) is 12.3. The Hall–Kier alpha value is -7.34. The number of furan rings is 1. The van der Waals surface area contributed by atoms with Gasteiger partial charge in [0.15, 0.2) is 13.9 Å². The summed E-state index contributed by atoms with van der Waals surface area (Å²) in [6, 6.07) is 71.9. The summed E-state index contributed by atoms with van der Waals surface area (Å²) in [7, 11) is -3.00. The fourth-order valence-corrected chi connectivity index (χ4v) is 14.8. The molecule has 0 saturated heterocycles. The first-order valence-corrected chi connectivity index (χ1v) is 21.4. The van der Waals surface area contributed by atoms with E-state index < -0.39 is 8.07 Å². The molecular weight excluding hydrogens is 711 g/mol. The summed E-state index contributed by atoms with van der Waals surface area (Å²) >= 11 is 0. The lowest BCUT2D eigenvalue weighted by Gasteiger charge is -2.32. The molecule has 5 heteroatoms. The highest BCUT2D eigenvalue weighted by Crippen LogP contribution is 2.43. The van der Waals surface area contributed by atoms with Gasteiger partial charge < -0.3 is 8.98 Å². The van der Waals surface area contributed by atoms with Crippen LogP contribution in [0.3, 0.4) is 0 Å². The number of para-hydroxylation sites is 3. The second-order valence-corrected chi connectivity index (χ2v) is 18.5. The van der Waals surface area contributed by atoms with Crippen molar-refractivity contribution >= 4 is 72.6 Å². The molecule has 0 fully saturated rings. The van der Waals surface area contributed by atoms with Gasteiger partial charge in [-0.25, -0.2) is 9.97 Å². The zero-order valence-electron chi connectivity index (χ0n) is 30.8. The van der Waals surface area contributed by atoms with E-state index in [1.54, 1.807) is 0 Å². The zero-order chi connectivity index (χ0) is 37.5. The quantitative estimate of drug-likeness (QED) is 0.165. The van der Waals surface area contributed by atoms with Gasteiger partial charge >= 0.3 is 0 Å². The van der Waals surface area contributed by atoms with Gasteiger partial charge in [-0.1, -0.05) is 170 Å². The molecule has 0 spiro atoms. The van der Waals surface area contributed by atoms with Crippen molar-refractivity contribution in [1.82, 2.24) is 14.5 Å². The Kier molecular flexibility index (Phi) is 6.91. The third-order valence-electron chi connectivity index (χ3n) is 11.9. The SMILES string of the molecule is c1ccc(-c2nc(-c3ccccc3-n3c4ccccc4c4c5c(ccc43)oc3ccccc35)c3c(n2)-c2ccccc2[Si]3(c2ccccc2)c2ccccc2)cc1. The molecule has 12 rings (SSSR count). The van der Waals surface area contributed by atoms with Crippen molar-refractivity contribution in [3.05, 3.63) is 200 Å². The molecular formula is C52H33N3OSi. The molecule has 0 N–H and O–H groups in total. The van der Waals surface area contributed by atoms with Crippen molar-refractivity contribution in [3.8, 4) is 39.6 Å². The first kappa shape index (κ1) is 32.0. The molecule has 3 aromatic heterocycles. The van der Waals surface area contributed by atoms with Crippen LogP contribution in [0.25, 0.3) is 83.3 Å². The van der Waals surface area contributed by atoms with E-state index >= 15 is 0 Å². The Morgan fingerprint density at radius 1 is 0.421 bits per heavy atom. The second-order valence-electron chi connectivity index (χ2n) is 14.8. The van der Waals surface area contributed by atoms with Crippen LogP contribution in [0.5, 0.6) is 0 Å². The lowest BCUT2D eigenvalue weighted by molar-refractivity contribution is 0.669. The molecule has 1 aliphatic rings. The molecule has 0 aliphatic carbocycles. The molecule has 0 saturated carbocycles. The van der Waals surface area contributed by atoms with Crippen LogP contribution in [0, 0.1) is 0 Å². The molecule has 0 radical (unpaired) electrons. The summed E-state index contributed by atoms with van der Waals surface area (Å²) in [5.74, 6) is 0.716. The van der Waals surface area contributed by atoms with E-state index in [0.717, 1.165) is 61.2 Å². The molecule has 0 amide bonds. The minimum Gasteiger partial charge on any atom is -0.456 e. The molecule has 0 bridgehead atoms. The van der Waals surface area contributed by atoms with E-state index in [1.807, 2.05) is 12.1 Å². The predicted octanol–water partition coefficient (Wildman–Crippen LogP) is 10.2. The number of benzene rings is 8. The number of hydrogen-bond donors (Lipinski definition) is 0. The Morgan fingerprint density at radius 3 is 1.75 bits per heavy atom. The molecule has 1 aliphatic heterocycles. The van der Waals surface area contributed by atoms with Crippen molar-refractivity contribution in [2.75, 3.05) is 0 Å². The Bertz CT molecular complexity index is 3310. The van der Waals surface area contributed by atoms with Crippen LogP contribution in [0.1, 0.15) is 0 Å². The highest BCUT2D eigenvalue weighted by Gasteiger charge is 2.52. The molecule has 0 atom stereocenters. The van der Waals surface area contributed by atoms with E-state index in [9.17, 15) is 0 Å². The van der Waals surface area contributed by atoms with Gasteiger partial charge in [0.25, 0.3) is 0 Å². The van der Waals surface area contributed by atoms with Gasteiger partial charge in [-0.2, -0.15) is 0 Å². The standard InChI is InChI=1S/C52H33N3OSi/c1-4-18-34(19-5-1)52-53-49(51-50(54-52)40-27-13-17-31-46(40)57(51,35-20-6-2-7-21-35)36-22-8-3-9-23-36)38-25-11-15-29-42(38)55-41-28-14-10-24-37(41)47-43(55)32-33-45-48(47)39-26-12-16-30-44(39)56-45/h1-33H. The van der Waals surface area contributed by atoms with Crippen LogP contribution >= 0.6 is 0 Å². The van der Waals surface area contributed by atoms with Crippen LogP contribution in [0.4, 0.5) is 0 Å². The number of nitrogens with zero attached hydrogens (tertiary/aromatic N) is 3. The van der Waals surface area contributed by atoms with Gasteiger partial charge in [-0.15, -0.1) is 0 Å². The Balaban J connectivity index is 1.25. The number of fused-ring (bicyclic) bond motifs is 10. The van der Waals surface area contributed by atoms with Crippen LogP contribution in [-0.4, -0.2) is 22.6 Å². The Morgan fingerprint density at radius 2 is 1.00 bits per heavy atom. The van der Waals surface area contributed by atoms with Gasteiger partial charge in [-0.3, -0.25) is 0 Å². The fraction of sp³-hybridized carbons (Fsp3) is 0. The van der Waals surface area contributed by atoms with Crippen molar-refractivity contribution in [1.29, 1.82) is 0 Å². The lowest BCUT2D eigenvalue weighted by Crippen LogP contribution is -2.73. The monoisotopic (exact) mass is 743 g/mol. The normalized spacial score (nSPS) is 13.1. The summed E-state index contributed by atoms with van der Waals surface area (Å²) in [6.07, 6.45) is 0. The van der Waals surface area contributed by atoms with Crippen molar-refractivity contribution < 1.29 is 4.42 Å². The predicted molar refractivity (Wildman–Crippen MR) is 237 cm³/mol. The largest absolute Gasteiger partial charge is 0.456 e. The van der Waals surface area contributed by atoms with Gasteiger partial charge in [-0.05, 0) is 45.9 Å². The molecule has 57 heavy (non-hydrogen) atoms. The highest BCUT2D eigenvalue weighted by atomic mass is 28.3. The van der Waals surface area contributed by atoms with Crippen molar-refractivity contribution in [3.63, 3.8) is 0 Å². The zero-order valence-corrected chi connectivity index (χ0v) is 31.8. The number of rotatable bonds is 5. The minimum absolute atomic E-state index is 0.716. The topological polar surface area (TPSA) is 43.9 Å². The van der Waals surface area contributed by atoms with Gasteiger partial charge in [0, 0.05) is 43.4 Å². The third kappa shape index (κ3) is 4.49. The van der Waals surface area contributed by atoms with E-state index in [-0.39, 0.29) is 0 Å². The smallest absolute Gasteiger partial charge is 0.185 e. The Labute approximate surface area is 330 Å². The van der Waals surface area contributed by atoms with Crippen LogP contribution < -0.4 is 20.7 Å². The maximum absolute atomic E-state index is 6.44. The lowest BCUT2D eigenvalue weighted by atomic mass is 10.0. The van der Waals surface area contributed by atoms with Crippen molar-refractivity contribution in [2.24, 2.45) is 0 Å². The van der Waals surface area contributed by atoms with Crippen LogP contribution in [-0.2, 0) is 0 Å². The van der Waals surface area contributed by atoms with Gasteiger partial charge in [0.05, 0.1) is 28.1 Å². The molecule has 0 unspecified atom stereocenters. The van der Waals surface area contributed by atoms with E-state index in [0.29, 0.717) is 5.82 Å². The van der Waals surface area contributed by atoms with Crippen LogP contribution in [0.15, 0.2) is 205 Å².